The van der Waals surface area contributed by atoms with Crippen molar-refractivity contribution in [3.05, 3.63) is 142 Å². The Bertz CT molecular complexity index is 1780. The van der Waals surface area contributed by atoms with Crippen LogP contribution in [0.2, 0.25) is 0 Å². The molecule has 2 aromatic heterocycles. The molecule has 1 N–H and O–H groups in total. The third-order valence-corrected chi connectivity index (χ3v) is 7.64. The Kier molecular flexibility index (Phi) is 6.97. The Labute approximate surface area is 231 Å². The van der Waals surface area contributed by atoms with Gasteiger partial charge in [0.05, 0.1) is 11.4 Å². The molecule has 0 aliphatic rings. The topological polar surface area (TPSA) is 64.7 Å². The van der Waals surface area contributed by atoms with E-state index in [0.717, 1.165) is 22.5 Å². The Morgan fingerprint density at radius 3 is 2.08 bits per heavy atom. The second-order valence-corrected chi connectivity index (χ2v) is 10.2. The van der Waals surface area contributed by atoms with Crippen molar-refractivity contribution in [2.75, 3.05) is 5.32 Å². The van der Waals surface area contributed by atoms with Crippen LogP contribution in [0.1, 0.15) is 16.7 Å². The molecule has 0 radical (unpaired) electrons. The summed E-state index contributed by atoms with van der Waals surface area (Å²) in [6.45, 7) is 2.62. The van der Waals surface area contributed by atoms with Crippen molar-refractivity contribution in [3.8, 4) is 11.4 Å². The summed E-state index contributed by atoms with van der Waals surface area (Å²) < 4.78 is 3.43. The average Bonchev–Trinajstić information content (AvgIpc) is 3.36. The molecule has 0 bridgehead atoms. The predicted molar refractivity (Wildman–Crippen MR) is 159 cm³/mol. The third-order valence-electron chi connectivity index (χ3n) is 6.60. The number of benzene rings is 4. The van der Waals surface area contributed by atoms with Gasteiger partial charge in [-0.05, 0) is 47.9 Å². The van der Waals surface area contributed by atoms with Gasteiger partial charge in [-0.2, -0.15) is 10.1 Å². The SMILES string of the molecule is Cc1ccccc1CNc1nc2c(c(SCc3ccccc3)nn2-c2ccccc2)c(=O)n1-c1ccccc1. The number of aryl methyl sites for hydroxylation is 1. The van der Waals surface area contributed by atoms with Crippen molar-refractivity contribution in [2.24, 2.45) is 0 Å². The molecular weight excluding hydrogens is 502 g/mol. The number of hydrogen-bond donors (Lipinski definition) is 1. The monoisotopic (exact) mass is 529 g/mol. The molecule has 2 heterocycles. The maximum absolute atomic E-state index is 14.3. The smallest absolute Gasteiger partial charge is 0.271 e. The molecule has 4 aromatic carbocycles. The van der Waals surface area contributed by atoms with Crippen molar-refractivity contribution in [2.45, 2.75) is 24.2 Å². The molecule has 7 heteroatoms. The van der Waals surface area contributed by atoms with Crippen molar-refractivity contribution >= 4 is 28.7 Å². The zero-order valence-corrected chi connectivity index (χ0v) is 22.3. The lowest BCUT2D eigenvalue weighted by Crippen LogP contribution is -2.24. The molecule has 0 saturated carbocycles. The number of nitrogens with one attached hydrogen (secondary N) is 1. The van der Waals surface area contributed by atoms with E-state index in [1.54, 1.807) is 21.0 Å². The molecule has 192 valence electrons. The molecule has 0 spiro atoms. The first-order valence-corrected chi connectivity index (χ1v) is 13.8. The first kappa shape index (κ1) is 24.7. The van der Waals surface area contributed by atoms with E-state index < -0.39 is 0 Å². The number of hydrogen-bond acceptors (Lipinski definition) is 5. The zero-order valence-electron chi connectivity index (χ0n) is 21.5. The number of rotatable bonds is 8. The molecule has 6 rings (SSSR count). The van der Waals surface area contributed by atoms with Crippen LogP contribution in [0, 0.1) is 6.92 Å². The quantitative estimate of drug-likeness (QED) is 0.220. The highest BCUT2D eigenvalue weighted by Crippen LogP contribution is 2.30. The van der Waals surface area contributed by atoms with Gasteiger partial charge in [0.25, 0.3) is 5.56 Å². The van der Waals surface area contributed by atoms with E-state index in [4.69, 9.17) is 10.1 Å². The lowest BCUT2D eigenvalue weighted by Gasteiger charge is -2.15. The fraction of sp³-hybridized carbons (Fsp3) is 0.0938. The van der Waals surface area contributed by atoms with Crippen LogP contribution in [0.3, 0.4) is 0 Å². The van der Waals surface area contributed by atoms with Crippen molar-refractivity contribution in [1.82, 2.24) is 19.3 Å². The fourth-order valence-corrected chi connectivity index (χ4v) is 5.49. The molecule has 0 aliphatic heterocycles. The van der Waals surface area contributed by atoms with Crippen molar-refractivity contribution in [1.29, 1.82) is 0 Å². The van der Waals surface area contributed by atoms with Crippen LogP contribution in [-0.4, -0.2) is 19.3 Å². The second-order valence-electron chi connectivity index (χ2n) is 9.22. The van der Waals surface area contributed by atoms with Gasteiger partial charge >= 0.3 is 0 Å². The molecule has 0 fully saturated rings. The third kappa shape index (κ3) is 5.09. The Morgan fingerprint density at radius 1 is 0.769 bits per heavy atom. The van der Waals surface area contributed by atoms with Crippen LogP contribution >= 0.6 is 11.8 Å². The van der Waals surface area contributed by atoms with Gasteiger partial charge in [0.2, 0.25) is 5.95 Å². The zero-order chi connectivity index (χ0) is 26.6. The second kappa shape index (κ2) is 11.0. The molecule has 0 unspecified atom stereocenters. The summed E-state index contributed by atoms with van der Waals surface area (Å²) in [7, 11) is 0. The summed E-state index contributed by atoms with van der Waals surface area (Å²) in [4.78, 5) is 19.4. The summed E-state index contributed by atoms with van der Waals surface area (Å²) >= 11 is 1.55. The van der Waals surface area contributed by atoms with Gasteiger partial charge in [-0.15, -0.1) is 0 Å². The van der Waals surface area contributed by atoms with Crippen molar-refractivity contribution < 1.29 is 0 Å². The minimum absolute atomic E-state index is 0.156. The highest BCUT2D eigenvalue weighted by atomic mass is 32.2. The molecule has 0 aliphatic carbocycles. The molecule has 39 heavy (non-hydrogen) atoms. The summed E-state index contributed by atoms with van der Waals surface area (Å²) in [5.74, 6) is 1.17. The van der Waals surface area contributed by atoms with E-state index in [1.165, 1.54) is 5.56 Å². The van der Waals surface area contributed by atoms with E-state index in [1.807, 2.05) is 91.0 Å². The Morgan fingerprint density at radius 2 is 1.38 bits per heavy atom. The highest BCUT2D eigenvalue weighted by molar-refractivity contribution is 7.98. The lowest BCUT2D eigenvalue weighted by atomic mass is 10.1. The fourth-order valence-electron chi connectivity index (χ4n) is 4.53. The van der Waals surface area contributed by atoms with Gasteiger partial charge < -0.3 is 5.32 Å². The van der Waals surface area contributed by atoms with E-state index in [2.05, 4.69) is 36.5 Å². The first-order valence-electron chi connectivity index (χ1n) is 12.8. The van der Waals surface area contributed by atoms with Crippen LogP contribution < -0.4 is 10.9 Å². The number of para-hydroxylation sites is 2. The number of anilines is 1. The number of aromatic nitrogens is 4. The summed E-state index contributed by atoms with van der Waals surface area (Å²) in [5, 5.41) is 9.53. The van der Waals surface area contributed by atoms with E-state index in [0.29, 0.717) is 34.3 Å². The summed E-state index contributed by atoms with van der Waals surface area (Å²) in [5.41, 5.74) is 5.45. The molecule has 6 aromatic rings. The van der Waals surface area contributed by atoms with Gasteiger partial charge in [0.15, 0.2) is 5.65 Å². The standard InChI is InChI=1S/C32H27N5OS/c1-23-13-11-12-16-25(23)21-33-32-34-29-28(31(38)36(32)26-17-7-3-8-18-26)30(39-22-24-14-5-2-6-15-24)35-37(29)27-19-9-4-10-20-27/h2-20H,21-22H2,1H3,(H,33,34). The largest absolute Gasteiger partial charge is 0.351 e. The first-order chi connectivity index (χ1) is 19.2. The van der Waals surface area contributed by atoms with Gasteiger partial charge in [0, 0.05) is 12.3 Å². The number of nitrogens with zero attached hydrogens (tertiary/aromatic N) is 4. The van der Waals surface area contributed by atoms with Gasteiger partial charge in [-0.1, -0.05) is 103 Å². The maximum atomic E-state index is 14.3. The normalized spacial score (nSPS) is 11.1. The van der Waals surface area contributed by atoms with Crippen molar-refractivity contribution in [3.63, 3.8) is 0 Å². The van der Waals surface area contributed by atoms with E-state index in [9.17, 15) is 4.79 Å². The van der Waals surface area contributed by atoms with Crippen LogP contribution in [0.25, 0.3) is 22.4 Å². The highest BCUT2D eigenvalue weighted by Gasteiger charge is 2.22. The van der Waals surface area contributed by atoms with Gasteiger partial charge in [-0.25, -0.2) is 9.25 Å². The maximum Gasteiger partial charge on any atom is 0.271 e. The minimum Gasteiger partial charge on any atom is -0.351 e. The molecular formula is C32H27N5OS. The molecule has 6 nitrogen and oxygen atoms in total. The average molecular weight is 530 g/mol. The van der Waals surface area contributed by atoms with E-state index >= 15 is 0 Å². The van der Waals surface area contributed by atoms with Crippen LogP contribution in [-0.2, 0) is 12.3 Å². The van der Waals surface area contributed by atoms with Crippen LogP contribution in [0.5, 0.6) is 0 Å². The summed E-state index contributed by atoms with van der Waals surface area (Å²) in [6, 6.07) is 37.9. The molecule has 0 atom stereocenters. The molecule has 0 amide bonds. The number of fused-ring (bicyclic) bond motifs is 1. The molecule has 0 saturated heterocycles. The summed E-state index contributed by atoms with van der Waals surface area (Å²) in [6.07, 6.45) is 0. The predicted octanol–water partition coefficient (Wildman–Crippen LogP) is 6.78. The van der Waals surface area contributed by atoms with Gasteiger partial charge in [0.1, 0.15) is 10.4 Å². The lowest BCUT2D eigenvalue weighted by molar-refractivity contribution is 0.848. The Hall–Kier alpha value is -4.62. The van der Waals surface area contributed by atoms with Crippen LogP contribution in [0.4, 0.5) is 5.95 Å². The van der Waals surface area contributed by atoms with E-state index in [-0.39, 0.29) is 5.56 Å². The minimum atomic E-state index is -0.156. The van der Waals surface area contributed by atoms with Gasteiger partial charge in [-0.3, -0.25) is 4.79 Å². The Balaban J connectivity index is 1.53. The van der Waals surface area contributed by atoms with Crippen LogP contribution in [0.15, 0.2) is 125 Å². The number of thioether (sulfide) groups is 1.